The molecule has 0 spiro atoms. The van der Waals surface area contributed by atoms with Crippen LogP contribution in [0.1, 0.15) is 40.0 Å². The number of carbonyl (C=O) groups excluding carboxylic acids is 2. The van der Waals surface area contributed by atoms with Crippen molar-refractivity contribution in [3.8, 4) is 6.07 Å². The Labute approximate surface area is 166 Å². The van der Waals surface area contributed by atoms with E-state index in [2.05, 4.69) is 16.7 Å². The third-order valence-corrected chi connectivity index (χ3v) is 5.67. The summed E-state index contributed by atoms with van der Waals surface area (Å²) in [6, 6.07) is 1.99. The third-order valence-electron chi connectivity index (χ3n) is 5.67. The number of likely N-dealkylation sites (tertiary alicyclic amines) is 2. The minimum Gasteiger partial charge on any atom is -0.444 e. The van der Waals surface area contributed by atoms with E-state index in [0.29, 0.717) is 19.5 Å². The molecule has 3 aliphatic rings. The van der Waals surface area contributed by atoms with Crippen LogP contribution < -0.4 is 10.6 Å². The first-order valence-electron chi connectivity index (χ1n) is 10.0. The summed E-state index contributed by atoms with van der Waals surface area (Å²) in [4.78, 5) is 28.8. The van der Waals surface area contributed by atoms with Crippen LogP contribution in [-0.4, -0.2) is 83.0 Å². The predicted octanol–water partition coefficient (Wildman–Crippen LogP) is 0.00638. The molecule has 3 N–H and O–H groups in total. The number of nitrogens with one attached hydrogen (secondary N) is 2. The van der Waals surface area contributed by atoms with Crippen molar-refractivity contribution in [3.63, 3.8) is 0 Å². The molecule has 2 amide bonds. The van der Waals surface area contributed by atoms with Gasteiger partial charge in [0, 0.05) is 38.3 Å². The summed E-state index contributed by atoms with van der Waals surface area (Å²) in [5.74, 6) is -0.696. The van der Waals surface area contributed by atoms with E-state index in [1.807, 2.05) is 4.90 Å². The number of hydrogen-bond donors (Lipinski definition) is 3. The van der Waals surface area contributed by atoms with Crippen LogP contribution in [0.4, 0.5) is 4.79 Å². The lowest BCUT2D eigenvalue weighted by Crippen LogP contribution is -2.55. The number of amides is 2. The Bertz CT molecular complexity index is 641. The number of aliphatic hydroxyl groups is 1. The van der Waals surface area contributed by atoms with Gasteiger partial charge in [0.2, 0.25) is 5.91 Å². The second kappa shape index (κ2) is 8.23. The van der Waals surface area contributed by atoms with Crippen LogP contribution in [0.2, 0.25) is 0 Å². The molecule has 0 radical (unpaired) electrons. The SMILES string of the molecule is CC(C)(C)OC(=O)NCC(CN1C2CNC(C2)C1O)C(=O)N1CCCC1C#N. The summed E-state index contributed by atoms with van der Waals surface area (Å²) in [6.07, 6.45) is 1.12. The van der Waals surface area contributed by atoms with Gasteiger partial charge in [-0.05, 0) is 40.0 Å². The maximum atomic E-state index is 13.2. The van der Waals surface area contributed by atoms with E-state index in [1.165, 1.54) is 0 Å². The fraction of sp³-hybridized carbons (Fsp3) is 0.842. The normalized spacial score (nSPS) is 30.9. The van der Waals surface area contributed by atoms with E-state index in [4.69, 9.17) is 4.74 Å². The van der Waals surface area contributed by atoms with Gasteiger partial charge in [-0.25, -0.2) is 4.79 Å². The fourth-order valence-corrected chi connectivity index (χ4v) is 4.34. The van der Waals surface area contributed by atoms with Crippen molar-refractivity contribution in [2.45, 2.75) is 70.0 Å². The average Bonchev–Trinajstić information content (AvgIpc) is 3.33. The zero-order chi connectivity index (χ0) is 20.5. The van der Waals surface area contributed by atoms with E-state index in [1.54, 1.807) is 25.7 Å². The van der Waals surface area contributed by atoms with Crippen molar-refractivity contribution in [2.75, 3.05) is 26.2 Å². The summed E-state index contributed by atoms with van der Waals surface area (Å²) in [7, 11) is 0. The highest BCUT2D eigenvalue weighted by Gasteiger charge is 2.46. The molecule has 3 heterocycles. The van der Waals surface area contributed by atoms with Crippen molar-refractivity contribution >= 4 is 12.0 Å². The number of nitriles is 1. The van der Waals surface area contributed by atoms with Gasteiger partial charge in [-0.15, -0.1) is 0 Å². The van der Waals surface area contributed by atoms with Crippen molar-refractivity contribution in [1.29, 1.82) is 5.26 Å². The number of ether oxygens (including phenoxy) is 1. The number of alkyl carbamates (subject to hydrolysis) is 1. The lowest BCUT2D eigenvalue weighted by molar-refractivity contribution is -0.137. The molecule has 28 heavy (non-hydrogen) atoms. The average molecular weight is 393 g/mol. The molecular formula is C19H31N5O4. The Balaban J connectivity index is 1.68. The molecule has 0 aliphatic carbocycles. The largest absolute Gasteiger partial charge is 0.444 e. The van der Waals surface area contributed by atoms with Gasteiger partial charge in [0.25, 0.3) is 0 Å². The standard InChI is InChI=1S/C19H31N5O4/c1-19(2,3)28-18(27)22-9-12(16(25)23-6-4-5-13(23)8-20)11-24-14-7-15(17(24)26)21-10-14/h12-15,17,21,26H,4-7,9-11H2,1-3H3,(H,22,27). The van der Waals surface area contributed by atoms with Crippen molar-refractivity contribution < 1.29 is 19.4 Å². The number of carbonyl (C=O) groups is 2. The summed E-state index contributed by atoms with van der Waals surface area (Å²) in [5, 5.41) is 25.8. The van der Waals surface area contributed by atoms with Crippen LogP contribution in [0.15, 0.2) is 0 Å². The molecule has 5 atom stereocenters. The van der Waals surface area contributed by atoms with E-state index in [0.717, 1.165) is 19.4 Å². The van der Waals surface area contributed by atoms with Gasteiger partial charge in [-0.2, -0.15) is 5.26 Å². The number of aliphatic hydroxyl groups excluding tert-OH is 1. The summed E-state index contributed by atoms with van der Waals surface area (Å²) in [5.41, 5.74) is -0.625. The first-order chi connectivity index (χ1) is 13.2. The van der Waals surface area contributed by atoms with Gasteiger partial charge in [0.05, 0.1) is 12.0 Å². The second-order valence-corrected chi connectivity index (χ2v) is 8.91. The summed E-state index contributed by atoms with van der Waals surface area (Å²) >= 11 is 0. The molecule has 3 fully saturated rings. The number of rotatable bonds is 5. The molecule has 0 aromatic carbocycles. The molecule has 0 saturated carbocycles. The van der Waals surface area contributed by atoms with Crippen LogP contribution in [0.25, 0.3) is 0 Å². The van der Waals surface area contributed by atoms with E-state index in [9.17, 15) is 20.0 Å². The van der Waals surface area contributed by atoms with Crippen LogP contribution in [0, 0.1) is 17.2 Å². The van der Waals surface area contributed by atoms with Gasteiger partial charge in [-0.1, -0.05) is 0 Å². The molecule has 2 bridgehead atoms. The summed E-state index contributed by atoms with van der Waals surface area (Å²) < 4.78 is 5.28. The van der Waals surface area contributed by atoms with Crippen LogP contribution in [-0.2, 0) is 9.53 Å². The first-order valence-corrected chi connectivity index (χ1v) is 10.0. The smallest absolute Gasteiger partial charge is 0.407 e. The highest BCUT2D eigenvalue weighted by atomic mass is 16.6. The molecule has 156 valence electrons. The van der Waals surface area contributed by atoms with Gasteiger partial charge in [0.1, 0.15) is 17.9 Å². The molecular weight excluding hydrogens is 362 g/mol. The highest BCUT2D eigenvalue weighted by Crippen LogP contribution is 2.29. The Hall–Kier alpha value is -1.89. The number of nitrogens with zero attached hydrogens (tertiary/aromatic N) is 3. The predicted molar refractivity (Wildman–Crippen MR) is 101 cm³/mol. The number of piperazine rings is 1. The minimum absolute atomic E-state index is 0.0261. The van der Waals surface area contributed by atoms with Crippen LogP contribution in [0.3, 0.4) is 0 Å². The monoisotopic (exact) mass is 393 g/mol. The minimum atomic E-state index is -0.638. The van der Waals surface area contributed by atoms with Crippen LogP contribution in [0.5, 0.6) is 0 Å². The molecule has 5 unspecified atom stereocenters. The lowest BCUT2D eigenvalue weighted by atomic mass is 10.1. The van der Waals surface area contributed by atoms with Gasteiger partial charge in [-0.3, -0.25) is 9.69 Å². The first kappa shape index (κ1) is 20.8. The number of fused-ring (bicyclic) bond motifs is 2. The molecule has 9 nitrogen and oxygen atoms in total. The molecule has 3 aliphatic heterocycles. The maximum Gasteiger partial charge on any atom is 0.407 e. The molecule has 3 saturated heterocycles. The highest BCUT2D eigenvalue weighted by molar-refractivity contribution is 5.81. The van der Waals surface area contributed by atoms with E-state index in [-0.39, 0.29) is 24.5 Å². The zero-order valence-electron chi connectivity index (χ0n) is 16.9. The molecule has 0 aromatic rings. The molecule has 0 aromatic heterocycles. The summed E-state index contributed by atoms with van der Waals surface area (Å²) in [6.45, 7) is 7.12. The van der Waals surface area contributed by atoms with Crippen molar-refractivity contribution in [2.24, 2.45) is 5.92 Å². The Kier molecular flexibility index (Phi) is 6.12. The maximum absolute atomic E-state index is 13.2. The quantitative estimate of drug-likeness (QED) is 0.602. The van der Waals surface area contributed by atoms with Gasteiger partial charge < -0.3 is 25.4 Å². The second-order valence-electron chi connectivity index (χ2n) is 8.91. The van der Waals surface area contributed by atoms with Gasteiger partial charge >= 0.3 is 6.09 Å². The van der Waals surface area contributed by atoms with Crippen LogP contribution >= 0.6 is 0 Å². The van der Waals surface area contributed by atoms with E-state index >= 15 is 0 Å². The molecule has 3 rings (SSSR count). The Morgan fingerprint density at radius 1 is 1.43 bits per heavy atom. The van der Waals surface area contributed by atoms with Gasteiger partial charge in [0.15, 0.2) is 0 Å². The Morgan fingerprint density at radius 3 is 2.79 bits per heavy atom. The number of hydrogen-bond acceptors (Lipinski definition) is 7. The van der Waals surface area contributed by atoms with E-state index < -0.39 is 29.9 Å². The fourth-order valence-electron chi connectivity index (χ4n) is 4.34. The van der Waals surface area contributed by atoms with Crippen molar-refractivity contribution in [1.82, 2.24) is 20.4 Å². The topological polar surface area (TPSA) is 118 Å². The molecule has 9 heteroatoms. The third kappa shape index (κ3) is 4.57. The van der Waals surface area contributed by atoms with Crippen molar-refractivity contribution in [3.05, 3.63) is 0 Å². The lowest BCUT2D eigenvalue weighted by Gasteiger charge is -2.36. The Morgan fingerprint density at radius 2 is 2.18 bits per heavy atom. The zero-order valence-corrected chi connectivity index (χ0v) is 16.9.